The molecule has 1 aliphatic rings. The molecule has 0 atom stereocenters. The average molecular weight is 555 g/mol. The summed E-state index contributed by atoms with van der Waals surface area (Å²) in [7, 11) is 0. The topological polar surface area (TPSA) is 95.2 Å². The number of anilines is 1. The molecule has 2 heterocycles. The summed E-state index contributed by atoms with van der Waals surface area (Å²) >= 11 is 6.94. The van der Waals surface area contributed by atoms with Crippen LogP contribution >= 0.6 is 23.4 Å². The summed E-state index contributed by atoms with van der Waals surface area (Å²) in [4.78, 5) is 39.7. The smallest absolute Gasteiger partial charge is 0.294 e. The third-order valence-electron chi connectivity index (χ3n) is 6.65. The van der Waals surface area contributed by atoms with Gasteiger partial charge in [-0.2, -0.15) is 5.26 Å². The van der Waals surface area contributed by atoms with Crippen LogP contribution in [-0.4, -0.2) is 33.1 Å². The zero-order chi connectivity index (χ0) is 27.7. The summed E-state index contributed by atoms with van der Waals surface area (Å²) in [6.07, 6.45) is 1.72. The molecule has 0 unspecified atom stereocenters. The molecule has 3 aromatic carbocycles. The van der Waals surface area contributed by atoms with Crippen LogP contribution in [0.4, 0.5) is 10.5 Å². The molecule has 39 heavy (non-hydrogen) atoms. The molecule has 5 rings (SSSR count). The number of rotatable bonds is 6. The standard InChI is InChI=1S/C30H23ClN4O3S/c1-18-11-12-22(13-25(18)31)33-28(36)17-35-29(37)27(39-30(35)38)14-24-19(2)34(26-10-6-5-9-23(24)26)16-21-8-4-3-7-20(21)15-32/h3-14H,16-17H2,1-2H3,(H,33,36)/b27-14-. The number of halogens is 1. The van der Waals surface area contributed by atoms with Crippen molar-refractivity contribution in [2.24, 2.45) is 0 Å². The number of nitrogens with one attached hydrogen (secondary N) is 1. The predicted molar refractivity (Wildman–Crippen MR) is 154 cm³/mol. The Morgan fingerprint density at radius 1 is 1.08 bits per heavy atom. The molecule has 1 saturated heterocycles. The fourth-order valence-electron chi connectivity index (χ4n) is 4.56. The minimum Gasteiger partial charge on any atom is -0.340 e. The summed E-state index contributed by atoms with van der Waals surface area (Å²) in [6.45, 7) is 3.88. The lowest BCUT2D eigenvalue weighted by Crippen LogP contribution is -2.36. The zero-order valence-corrected chi connectivity index (χ0v) is 22.8. The number of aryl methyl sites for hydroxylation is 1. The van der Waals surface area contributed by atoms with E-state index in [1.54, 1.807) is 30.3 Å². The van der Waals surface area contributed by atoms with Gasteiger partial charge in [0.05, 0.1) is 16.5 Å². The Hall–Kier alpha value is -4.32. The van der Waals surface area contributed by atoms with E-state index in [9.17, 15) is 19.6 Å². The molecule has 0 bridgehead atoms. The second-order valence-corrected chi connectivity index (χ2v) is 10.6. The van der Waals surface area contributed by atoms with Crippen molar-refractivity contribution in [3.63, 3.8) is 0 Å². The van der Waals surface area contributed by atoms with E-state index < -0.39 is 23.6 Å². The molecular formula is C30H23ClN4O3S. The largest absolute Gasteiger partial charge is 0.340 e. The van der Waals surface area contributed by atoms with Gasteiger partial charge in [0.1, 0.15) is 6.54 Å². The van der Waals surface area contributed by atoms with E-state index >= 15 is 0 Å². The highest BCUT2D eigenvalue weighted by Crippen LogP contribution is 2.36. The number of hydrogen-bond donors (Lipinski definition) is 1. The van der Waals surface area contributed by atoms with Crippen molar-refractivity contribution in [3.8, 4) is 6.07 Å². The summed E-state index contributed by atoms with van der Waals surface area (Å²) in [5.41, 5.74) is 5.50. The Morgan fingerprint density at radius 2 is 1.82 bits per heavy atom. The fourth-order valence-corrected chi connectivity index (χ4v) is 5.56. The maximum Gasteiger partial charge on any atom is 0.294 e. The first-order chi connectivity index (χ1) is 18.8. The number of nitriles is 1. The van der Waals surface area contributed by atoms with Gasteiger partial charge in [-0.25, -0.2) is 0 Å². The first-order valence-electron chi connectivity index (χ1n) is 12.1. The van der Waals surface area contributed by atoms with E-state index in [1.165, 1.54) is 0 Å². The quantitative estimate of drug-likeness (QED) is 0.274. The van der Waals surface area contributed by atoms with Gasteiger partial charge in [0, 0.05) is 39.4 Å². The van der Waals surface area contributed by atoms with Gasteiger partial charge in [-0.05, 0) is 67.1 Å². The number of imide groups is 1. The third-order valence-corrected chi connectivity index (χ3v) is 7.97. The van der Waals surface area contributed by atoms with Gasteiger partial charge in [-0.15, -0.1) is 0 Å². The number of carbonyl (C=O) groups is 3. The lowest BCUT2D eigenvalue weighted by atomic mass is 10.1. The van der Waals surface area contributed by atoms with Gasteiger partial charge in [-0.1, -0.05) is 54.1 Å². The number of benzene rings is 3. The minimum absolute atomic E-state index is 0.245. The second-order valence-electron chi connectivity index (χ2n) is 9.15. The van der Waals surface area contributed by atoms with Gasteiger partial charge >= 0.3 is 0 Å². The van der Waals surface area contributed by atoms with Gasteiger partial charge in [-0.3, -0.25) is 19.3 Å². The molecule has 3 amide bonds. The van der Waals surface area contributed by atoms with E-state index in [-0.39, 0.29) is 4.91 Å². The Balaban J connectivity index is 1.42. The number of aromatic nitrogens is 1. The molecule has 4 aromatic rings. The van der Waals surface area contributed by atoms with Crippen LogP contribution in [-0.2, 0) is 16.1 Å². The summed E-state index contributed by atoms with van der Waals surface area (Å²) in [6, 6.07) is 22.6. The zero-order valence-electron chi connectivity index (χ0n) is 21.2. The van der Waals surface area contributed by atoms with Crippen LogP contribution in [0.5, 0.6) is 0 Å². The summed E-state index contributed by atoms with van der Waals surface area (Å²) in [5.74, 6) is -1.02. The number of nitrogens with zero attached hydrogens (tertiary/aromatic N) is 3. The van der Waals surface area contributed by atoms with Crippen LogP contribution < -0.4 is 5.32 Å². The Bertz CT molecular complexity index is 1730. The number of para-hydroxylation sites is 1. The van der Waals surface area contributed by atoms with Gasteiger partial charge < -0.3 is 9.88 Å². The highest BCUT2D eigenvalue weighted by atomic mass is 35.5. The third kappa shape index (κ3) is 5.19. The summed E-state index contributed by atoms with van der Waals surface area (Å²) in [5, 5.41) is 13.1. The molecule has 0 aliphatic carbocycles. The molecule has 1 N–H and O–H groups in total. The predicted octanol–water partition coefficient (Wildman–Crippen LogP) is 6.51. The van der Waals surface area contributed by atoms with Gasteiger partial charge in [0.15, 0.2) is 0 Å². The highest BCUT2D eigenvalue weighted by molar-refractivity contribution is 8.18. The van der Waals surface area contributed by atoms with E-state index in [2.05, 4.69) is 16.0 Å². The highest BCUT2D eigenvalue weighted by Gasteiger charge is 2.36. The van der Waals surface area contributed by atoms with E-state index in [0.717, 1.165) is 49.9 Å². The van der Waals surface area contributed by atoms with Crippen LogP contribution in [0.25, 0.3) is 17.0 Å². The van der Waals surface area contributed by atoms with Crippen LogP contribution in [0.1, 0.15) is 27.9 Å². The van der Waals surface area contributed by atoms with Crippen LogP contribution in [0, 0.1) is 25.2 Å². The van der Waals surface area contributed by atoms with E-state index in [4.69, 9.17) is 11.6 Å². The molecule has 0 radical (unpaired) electrons. The molecule has 7 nitrogen and oxygen atoms in total. The normalized spacial score (nSPS) is 14.3. The Kier molecular flexibility index (Phi) is 7.29. The van der Waals surface area contributed by atoms with Crippen molar-refractivity contribution in [1.29, 1.82) is 5.26 Å². The minimum atomic E-state index is -0.520. The van der Waals surface area contributed by atoms with E-state index in [0.29, 0.717) is 22.8 Å². The van der Waals surface area contributed by atoms with Crippen LogP contribution in [0.2, 0.25) is 5.02 Å². The van der Waals surface area contributed by atoms with Crippen LogP contribution in [0.3, 0.4) is 0 Å². The molecule has 9 heteroatoms. The Labute approximate surface area is 234 Å². The molecule has 1 fully saturated rings. The Morgan fingerprint density at radius 3 is 2.59 bits per heavy atom. The molecule has 0 spiro atoms. The lowest BCUT2D eigenvalue weighted by molar-refractivity contribution is -0.127. The summed E-state index contributed by atoms with van der Waals surface area (Å²) < 4.78 is 2.10. The monoisotopic (exact) mass is 554 g/mol. The van der Waals surface area contributed by atoms with Crippen molar-refractivity contribution in [1.82, 2.24) is 9.47 Å². The average Bonchev–Trinajstić information content (AvgIpc) is 3.34. The number of amides is 3. The maximum atomic E-state index is 13.2. The van der Waals surface area contributed by atoms with Crippen LogP contribution in [0.15, 0.2) is 71.6 Å². The maximum absolute atomic E-state index is 13.2. The molecule has 1 aliphatic heterocycles. The van der Waals surface area contributed by atoms with Gasteiger partial charge in [0.2, 0.25) is 5.91 Å². The number of fused-ring (bicyclic) bond motifs is 1. The van der Waals surface area contributed by atoms with E-state index in [1.807, 2.05) is 56.3 Å². The van der Waals surface area contributed by atoms with Crippen molar-refractivity contribution in [3.05, 3.63) is 105 Å². The first-order valence-corrected chi connectivity index (χ1v) is 13.3. The number of hydrogen-bond acceptors (Lipinski definition) is 5. The van der Waals surface area contributed by atoms with Crippen molar-refractivity contribution < 1.29 is 14.4 Å². The molecular weight excluding hydrogens is 532 g/mol. The molecule has 0 saturated carbocycles. The lowest BCUT2D eigenvalue weighted by Gasteiger charge is -2.13. The molecule has 1 aromatic heterocycles. The number of thioether (sulfide) groups is 1. The van der Waals surface area contributed by atoms with Crippen molar-refractivity contribution >= 4 is 63.1 Å². The number of carbonyl (C=O) groups excluding carboxylic acids is 3. The SMILES string of the molecule is Cc1ccc(NC(=O)CN2C(=O)S/C(=C\c3c(C)n(Cc4ccccc4C#N)c4ccccc34)C2=O)cc1Cl. The van der Waals surface area contributed by atoms with Crippen molar-refractivity contribution in [2.75, 3.05) is 11.9 Å². The first kappa shape index (κ1) is 26.3. The second kappa shape index (κ2) is 10.8. The fraction of sp³-hybridized carbons (Fsp3) is 0.133. The van der Waals surface area contributed by atoms with Crippen molar-refractivity contribution in [2.45, 2.75) is 20.4 Å². The molecule has 194 valence electrons. The van der Waals surface area contributed by atoms with Gasteiger partial charge in [0.25, 0.3) is 11.1 Å².